The fourth-order valence-corrected chi connectivity index (χ4v) is 3.13. The first-order valence-corrected chi connectivity index (χ1v) is 7.65. The van der Waals surface area contributed by atoms with Crippen molar-refractivity contribution in [1.29, 1.82) is 0 Å². The molecular weight excluding hydrogens is 302 g/mol. The molecule has 3 rings (SSSR count). The van der Waals surface area contributed by atoms with Gasteiger partial charge in [-0.05, 0) is 36.8 Å². The van der Waals surface area contributed by atoms with Gasteiger partial charge in [0.05, 0.1) is 0 Å². The molecular formula is C16H18BrNO. The van der Waals surface area contributed by atoms with Crippen LogP contribution in [0.25, 0.3) is 10.8 Å². The van der Waals surface area contributed by atoms with Crippen molar-refractivity contribution < 1.29 is 4.74 Å². The van der Waals surface area contributed by atoms with E-state index in [0.717, 1.165) is 30.5 Å². The number of rotatable bonds is 2. The van der Waals surface area contributed by atoms with Gasteiger partial charge in [-0.15, -0.1) is 0 Å². The van der Waals surface area contributed by atoms with E-state index in [2.05, 4.69) is 57.6 Å². The summed E-state index contributed by atoms with van der Waals surface area (Å²) in [6.45, 7) is 1.77. The summed E-state index contributed by atoms with van der Waals surface area (Å²) in [7, 11) is 0. The molecule has 1 atom stereocenters. The smallest absolute Gasteiger partial charge is 0.0485 e. The molecule has 100 valence electrons. The van der Waals surface area contributed by atoms with Gasteiger partial charge in [-0.1, -0.05) is 40.2 Å². The van der Waals surface area contributed by atoms with Gasteiger partial charge in [-0.3, -0.25) is 0 Å². The van der Waals surface area contributed by atoms with Crippen molar-refractivity contribution in [2.45, 2.75) is 25.3 Å². The molecule has 2 nitrogen and oxygen atoms in total. The number of halogens is 1. The number of ether oxygens (including phenoxy) is 1. The van der Waals surface area contributed by atoms with Crippen LogP contribution in [0.15, 0.2) is 40.9 Å². The highest BCUT2D eigenvalue weighted by Crippen LogP contribution is 2.31. The monoisotopic (exact) mass is 319 g/mol. The van der Waals surface area contributed by atoms with Gasteiger partial charge >= 0.3 is 0 Å². The Morgan fingerprint density at radius 3 is 2.74 bits per heavy atom. The molecule has 1 saturated heterocycles. The van der Waals surface area contributed by atoms with E-state index in [0.29, 0.717) is 6.04 Å². The number of fused-ring (bicyclic) bond motifs is 1. The zero-order chi connectivity index (χ0) is 13.1. The van der Waals surface area contributed by atoms with Crippen molar-refractivity contribution in [3.05, 3.63) is 40.9 Å². The van der Waals surface area contributed by atoms with Crippen LogP contribution < -0.4 is 5.32 Å². The third-order valence-electron chi connectivity index (χ3n) is 3.68. The fraction of sp³-hybridized carbons (Fsp3) is 0.375. The quantitative estimate of drug-likeness (QED) is 0.874. The van der Waals surface area contributed by atoms with Crippen LogP contribution >= 0.6 is 15.9 Å². The fourth-order valence-electron chi connectivity index (χ4n) is 2.66. The van der Waals surface area contributed by atoms with E-state index in [1.165, 1.54) is 22.9 Å². The molecule has 1 N–H and O–H groups in total. The van der Waals surface area contributed by atoms with Crippen LogP contribution in [0.1, 0.15) is 19.3 Å². The van der Waals surface area contributed by atoms with Crippen LogP contribution in [0.2, 0.25) is 0 Å². The lowest BCUT2D eigenvalue weighted by molar-refractivity contribution is 0.144. The standard InChI is InChI=1S/C16H18BrNO/c17-15-7-8-16(14-6-2-1-5-13(14)15)18-12-4-3-10-19-11-9-12/h1-2,5-8,12,18H,3-4,9-11H2. The summed E-state index contributed by atoms with van der Waals surface area (Å²) in [5.41, 5.74) is 1.23. The number of hydrogen-bond donors (Lipinski definition) is 1. The van der Waals surface area contributed by atoms with Gasteiger partial charge in [0.15, 0.2) is 0 Å². The van der Waals surface area contributed by atoms with E-state index in [-0.39, 0.29) is 0 Å². The average molecular weight is 320 g/mol. The topological polar surface area (TPSA) is 21.3 Å². The molecule has 0 aromatic heterocycles. The molecule has 2 aromatic carbocycles. The van der Waals surface area contributed by atoms with Gasteiger partial charge < -0.3 is 10.1 Å². The van der Waals surface area contributed by atoms with E-state index < -0.39 is 0 Å². The Balaban J connectivity index is 1.90. The zero-order valence-electron chi connectivity index (χ0n) is 10.9. The minimum absolute atomic E-state index is 0.520. The lowest BCUT2D eigenvalue weighted by Gasteiger charge is -2.19. The highest BCUT2D eigenvalue weighted by molar-refractivity contribution is 9.10. The molecule has 0 spiro atoms. The normalized spacial score (nSPS) is 20.2. The van der Waals surface area contributed by atoms with E-state index in [9.17, 15) is 0 Å². The third kappa shape index (κ3) is 2.93. The third-order valence-corrected chi connectivity index (χ3v) is 4.37. The highest BCUT2D eigenvalue weighted by Gasteiger charge is 2.13. The summed E-state index contributed by atoms with van der Waals surface area (Å²) in [5, 5.41) is 6.23. The Kier molecular flexibility index (Phi) is 4.04. The second kappa shape index (κ2) is 5.93. The van der Waals surface area contributed by atoms with Crippen molar-refractivity contribution in [1.82, 2.24) is 0 Å². The van der Waals surface area contributed by atoms with Crippen molar-refractivity contribution in [2.75, 3.05) is 18.5 Å². The van der Waals surface area contributed by atoms with Crippen LogP contribution in [-0.4, -0.2) is 19.3 Å². The van der Waals surface area contributed by atoms with E-state index in [1.54, 1.807) is 0 Å². The maximum atomic E-state index is 5.52. The minimum atomic E-state index is 0.520. The van der Waals surface area contributed by atoms with Gasteiger partial charge in [0, 0.05) is 34.8 Å². The van der Waals surface area contributed by atoms with Crippen LogP contribution in [0, 0.1) is 0 Å². The summed E-state index contributed by atoms with van der Waals surface area (Å²) in [6.07, 6.45) is 3.42. The van der Waals surface area contributed by atoms with Gasteiger partial charge in [-0.25, -0.2) is 0 Å². The molecule has 19 heavy (non-hydrogen) atoms. The second-order valence-electron chi connectivity index (χ2n) is 5.03. The molecule has 0 radical (unpaired) electrons. The summed E-state index contributed by atoms with van der Waals surface area (Å²) < 4.78 is 6.67. The van der Waals surface area contributed by atoms with Crippen LogP contribution in [0.4, 0.5) is 5.69 Å². The number of hydrogen-bond acceptors (Lipinski definition) is 2. The van der Waals surface area contributed by atoms with Crippen molar-refractivity contribution in [3.63, 3.8) is 0 Å². The molecule has 0 bridgehead atoms. The Bertz CT molecular complexity index is 562. The predicted molar refractivity (Wildman–Crippen MR) is 83.7 cm³/mol. The largest absolute Gasteiger partial charge is 0.382 e. The number of anilines is 1. The van der Waals surface area contributed by atoms with Gasteiger partial charge in [-0.2, -0.15) is 0 Å². The summed E-state index contributed by atoms with van der Waals surface area (Å²) >= 11 is 3.62. The molecule has 1 heterocycles. The lowest BCUT2D eigenvalue weighted by Crippen LogP contribution is -2.19. The average Bonchev–Trinajstić information content (AvgIpc) is 2.71. The predicted octanol–water partition coefficient (Wildman–Crippen LogP) is 4.58. The van der Waals surface area contributed by atoms with Crippen molar-refractivity contribution in [2.24, 2.45) is 0 Å². The molecule has 1 aliphatic heterocycles. The molecule has 0 amide bonds. The first-order chi connectivity index (χ1) is 9.34. The van der Waals surface area contributed by atoms with Crippen molar-refractivity contribution in [3.8, 4) is 0 Å². The van der Waals surface area contributed by atoms with Gasteiger partial charge in [0.1, 0.15) is 0 Å². The first-order valence-electron chi connectivity index (χ1n) is 6.86. The molecule has 1 unspecified atom stereocenters. The summed E-state index contributed by atoms with van der Waals surface area (Å²) in [4.78, 5) is 0. The number of nitrogens with one attached hydrogen (secondary N) is 1. The highest BCUT2D eigenvalue weighted by atomic mass is 79.9. The van der Waals surface area contributed by atoms with E-state index in [1.807, 2.05) is 0 Å². The molecule has 1 fully saturated rings. The van der Waals surface area contributed by atoms with Gasteiger partial charge in [0.2, 0.25) is 0 Å². The van der Waals surface area contributed by atoms with Crippen LogP contribution in [0.3, 0.4) is 0 Å². The van der Waals surface area contributed by atoms with Crippen LogP contribution in [0.5, 0.6) is 0 Å². The summed E-state index contributed by atoms with van der Waals surface area (Å²) in [5.74, 6) is 0. The SMILES string of the molecule is Brc1ccc(NC2CCCOCC2)c2ccccc12. The van der Waals surface area contributed by atoms with E-state index >= 15 is 0 Å². The molecule has 2 aromatic rings. The summed E-state index contributed by atoms with van der Waals surface area (Å²) in [6, 6.07) is 13.3. The Morgan fingerprint density at radius 1 is 1.00 bits per heavy atom. The first kappa shape index (κ1) is 12.9. The molecule has 0 saturated carbocycles. The number of benzene rings is 2. The minimum Gasteiger partial charge on any atom is -0.382 e. The van der Waals surface area contributed by atoms with E-state index in [4.69, 9.17) is 4.74 Å². The molecule has 3 heteroatoms. The van der Waals surface area contributed by atoms with Crippen molar-refractivity contribution >= 4 is 32.4 Å². The second-order valence-corrected chi connectivity index (χ2v) is 5.88. The Hall–Kier alpha value is -1.06. The molecule has 1 aliphatic rings. The maximum absolute atomic E-state index is 5.52. The Morgan fingerprint density at radius 2 is 1.84 bits per heavy atom. The van der Waals surface area contributed by atoms with Gasteiger partial charge in [0.25, 0.3) is 0 Å². The Labute approximate surface area is 122 Å². The molecule has 0 aliphatic carbocycles. The zero-order valence-corrected chi connectivity index (χ0v) is 12.4. The van der Waals surface area contributed by atoms with Crippen LogP contribution in [-0.2, 0) is 4.74 Å². The lowest BCUT2D eigenvalue weighted by atomic mass is 10.1. The maximum Gasteiger partial charge on any atom is 0.0485 e.